The molecule has 0 atom stereocenters. The van der Waals surface area contributed by atoms with Crippen LogP contribution in [0.3, 0.4) is 0 Å². The van der Waals surface area contributed by atoms with Gasteiger partial charge in [0.15, 0.2) is 26.4 Å². The normalized spacial score (nSPS) is 13.0. The van der Waals surface area contributed by atoms with Gasteiger partial charge in [0, 0.05) is 54.2 Å². The van der Waals surface area contributed by atoms with Gasteiger partial charge in [-0.25, -0.2) is 26.3 Å². The molecule has 7 amide bonds. The van der Waals surface area contributed by atoms with Gasteiger partial charge in [-0.2, -0.15) is 0 Å². The number of carbonyl (C=O) groups is 7. The van der Waals surface area contributed by atoms with Crippen LogP contribution in [0.1, 0.15) is 36.6 Å². The molecule has 0 fully saturated rings. The number of carbonyl (C=O) groups excluding carboxylic acids is 7. The molecule has 1 radical (unpaired) electrons. The number of halogens is 8. The zero-order chi connectivity index (χ0) is 75.5. The number of likely N-dealkylation sites (N-methyl/N-ethyl adjacent to an activating group) is 4. The number of nitrogens with zero attached hydrogens (tertiary/aromatic N) is 5. The zero-order valence-electron chi connectivity index (χ0n) is 56.0. The second-order valence-corrected chi connectivity index (χ2v) is 25.2. The number of amides is 7. The first-order valence-electron chi connectivity index (χ1n) is 31.3. The minimum absolute atomic E-state index is 0.00765. The first-order chi connectivity index (χ1) is 50.2. The molecule has 0 unspecified atom stereocenters. The maximum atomic E-state index is 13.8. The monoisotopic (exact) mass is 1570 g/mol. The maximum absolute atomic E-state index is 13.8. The summed E-state index contributed by atoms with van der Waals surface area (Å²) >= 11 is 10.1. The summed E-state index contributed by atoms with van der Waals surface area (Å²) in [7, 11) is 11.2. The average Bonchev–Trinajstić information content (AvgIpc) is 0.794. The van der Waals surface area contributed by atoms with Crippen molar-refractivity contribution < 1.29 is 78.9 Å². The summed E-state index contributed by atoms with van der Waals surface area (Å²) in [6.45, 7) is 2.09. The fourth-order valence-electron chi connectivity index (χ4n) is 10.9. The average molecular weight is 1580 g/mol. The van der Waals surface area contributed by atoms with E-state index < -0.39 is 69.3 Å². The molecule has 14 rings (SSSR count). The second kappa shape index (κ2) is 33.7. The fourth-order valence-corrected chi connectivity index (χ4v) is 11.8. The molecule has 29 heteroatoms. The van der Waals surface area contributed by atoms with E-state index in [1.54, 1.807) is 128 Å². The standard InChI is InChI=1S/C23H18F2N2O3.C22H15BrF2N2O3.C22H16F2N2O3.C9H8BrNO2.BHNS/c1-13-10-20-19(27(2)21(28)12-30-20)11-16(13)14-6-8-15(9-7-14)26-23(29)22-17(24)4-3-5-18(22)25;1-27-18-9-14(15(23)10-19(18)30-11-20(27)28)12-5-7-13(8-6-12)26-22(29)21-16(24)3-2-4-17(21)25;1-26-18-11-14(7-10-19(18)29-12-20(26)27)13-5-8-15(9-6-13)25-22(28)21-16(23)3-2-4-17(21)24;1-11-7-4-6(10)2-3-8(7)13-5-9(11)12;1-2-3/h3-11H,12H2,1-2H3,(H,26,29);2-10H,11H2,1H3,(H,26,29);2-11H,12H2,1H3,(H,25,28);2-4H,5H2,1H3;3H. The predicted octanol–water partition coefficient (Wildman–Crippen LogP) is 15.8. The quantitative estimate of drug-likeness (QED) is 0.0605. The van der Waals surface area contributed by atoms with Crippen LogP contribution in [0.5, 0.6) is 23.0 Å². The van der Waals surface area contributed by atoms with Crippen molar-refractivity contribution >= 4 is 133 Å². The van der Waals surface area contributed by atoms with Gasteiger partial charge in [0.1, 0.15) is 74.6 Å². The van der Waals surface area contributed by atoms with E-state index >= 15 is 0 Å². The zero-order valence-corrected chi connectivity index (χ0v) is 60.1. The Morgan fingerprint density at radius 1 is 0.400 bits per heavy atom. The van der Waals surface area contributed by atoms with Gasteiger partial charge < -0.3 is 54.5 Å². The Balaban J connectivity index is 0.000000153. The molecule has 4 aliphatic rings. The van der Waals surface area contributed by atoms with E-state index in [9.17, 15) is 59.9 Å². The molecule has 0 bridgehead atoms. The summed E-state index contributed by atoms with van der Waals surface area (Å²) < 4.78 is 109. The Morgan fingerprint density at radius 3 is 1.08 bits per heavy atom. The molecule has 0 aromatic heterocycles. The van der Waals surface area contributed by atoms with E-state index in [0.29, 0.717) is 51.4 Å². The van der Waals surface area contributed by atoms with Crippen molar-refractivity contribution in [2.24, 2.45) is 4.30 Å². The van der Waals surface area contributed by atoms with E-state index in [1.807, 2.05) is 55.5 Å². The number of hydrogen-bond acceptors (Lipinski definition) is 13. The second-order valence-electron chi connectivity index (χ2n) is 23.2. The Morgan fingerprint density at radius 2 is 0.695 bits per heavy atom. The molecule has 10 aromatic carbocycles. The summed E-state index contributed by atoms with van der Waals surface area (Å²) in [6.07, 6.45) is 0. The number of nitrogens with one attached hydrogen (secondary N) is 3. The molecule has 0 aliphatic carbocycles. The summed E-state index contributed by atoms with van der Waals surface area (Å²) in [5.74, 6) is -5.93. The van der Waals surface area contributed by atoms with E-state index in [-0.39, 0.29) is 50.1 Å². The van der Waals surface area contributed by atoms with Crippen LogP contribution in [0, 0.1) is 41.8 Å². The number of aryl methyl sites for hydroxylation is 1. The number of thiol groups is 1. The number of hydrogen-bond donors (Lipinski definition) is 4. The van der Waals surface area contributed by atoms with Crippen LogP contribution in [0.25, 0.3) is 33.4 Å². The van der Waals surface area contributed by atoms with Crippen LogP contribution in [0.15, 0.2) is 201 Å². The van der Waals surface area contributed by atoms with Crippen LogP contribution in [-0.2, 0) is 19.2 Å². The summed E-state index contributed by atoms with van der Waals surface area (Å²) in [5.41, 5.74) is 8.15. The van der Waals surface area contributed by atoms with Crippen molar-refractivity contribution in [2.45, 2.75) is 6.92 Å². The van der Waals surface area contributed by atoms with Crippen molar-refractivity contribution in [2.75, 3.05) is 90.2 Å². The topological polar surface area (TPSA) is 218 Å². The third-order valence-corrected chi connectivity index (χ3v) is 17.7. The Hall–Kier alpha value is -11.6. The number of ether oxygens (including phenoxy) is 4. The Kier molecular flexibility index (Phi) is 24.4. The van der Waals surface area contributed by atoms with Gasteiger partial charge in [-0.3, -0.25) is 33.6 Å². The molecular weight excluding hydrogens is 1520 g/mol. The van der Waals surface area contributed by atoms with E-state index in [2.05, 4.69) is 72.6 Å². The van der Waals surface area contributed by atoms with Gasteiger partial charge in [-0.05, 0) is 173 Å². The number of benzene rings is 10. The van der Waals surface area contributed by atoms with Crippen LogP contribution < -0.4 is 54.5 Å². The van der Waals surface area contributed by atoms with Gasteiger partial charge >= 0.3 is 24.8 Å². The van der Waals surface area contributed by atoms with Crippen molar-refractivity contribution in [3.8, 4) is 56.4 Å². The minimum atomic E-state index is -0.928. The van der Waals surface area contributed by atoms with Crippen molar-refractivity contribution in [3.05, 3.63) is 254 Å². The SMILES string of the molecule is CN1C(=O)COc2cc(Br)c(-c3ccc(NC(=O)c4c(F)cccc4F)cc3)cc21.CN1C(=O)COc2ccc(-c3ccc(NC(=O)c4c(F)cccc4F)cc3)cc21.CN1C(=O)COc2ccc(Br)cc21.Cc1cc2c(cc1-c1ccc(NC(=O)c3c(F)cccc3F)cc1)N(C)C(=O)CO2.[B]=NS. The molecule has 10 aromatic rings. The van der Waals surface area contributed by atoms with Crippen molar-refractivity contribution in [1.29, 1.82) is 0 Å². The predicted molar refractivity (Wildman–Crippen MR) is 398 cm³/mol. The van der Waals surface area contributed by atoms with E-state index in [4.69, 9.17) is 18.9 Å². The molecule has 533 valence electrons. The van der Waals surface area contributed by atoms with Crippen LogP contribution in [0.4, 0.5) is 66.2 Å². The van der Waals surface area contributed by atoms with Gasteiger partial charge in [0.05, 0.1) is 22.7 Å². The third kappa shape index (κ3) is 17.7. The van der Waals surface area contributed by atoms with Crippen LogP contribution in [0.2, 0.25) is 0 Å². The number of rotatable bonds is 9. The first kappa shape index (κ1) is 76.1. The number of fused-ring (bicyclic) bond motifs is 4. The molecule has 19 nitrogen and oxygen atoms in total. The molecule has 4 aliphatic heterocycles. The first-order valence-corrected chi connectivity index (χ1v) is 33.3. The van der Waals surface area contributed by atoms with Crippen molar-refractivity contribution in [1.82, 2.24) is 0 Å². The van der Waals surface area contributed by atoms with Gasteiger partial charge in [0.2, 0.25) is 0 Å². The Labute approximate surface area is 620 Å². The van der Waals surface area contributed by atoms with Crippen LogP contribution >= 0.6 is 44.7 Å². The summed E-state index contributed by atoms with van der Waals surface area (Å²) in [4.78, 5) is 89.8. The van der Waals surface area contributed by atoms with Crippen LogP contribution in [-0.4, -0.2) is 104 Å². The molecular formula is C76H58BBr2F6N8O11S. The van der Waals surface area contributed by atoms with Gasteiger partial charge in [0.25, 0.3) is 41.4 Å². The van der Waals surface area contributed by atoms with E-state index in [1.165, 1.54) is 23.1 Å². The molecule has 4 heterocycles. The molecule has 0 spiro atoms. The molecule has 0 saturated carbocycles. The summed E-state index contributed by atoms with van der Waals surface area (Å²) in [5, 5.41) is 7.49. The van der Waals surface area contributed by atoms with Gasteiger partial charge in [-0.15, -0.1) is 0 Å². The Bertz CT molecular complexity index is 4830. The van der Waals surface area contributed by atoms with E-state index in [0.717, 1.165) is 95.7 Å². The third-order valence-electron chi connectivity index (χ3n) is 16.5. The van der Waals surface area contributed by atoms with Gasteiger partial charge in [-0.1, -0.05) is 92.5 Å². The number of anilines is 7. The summed E-state index contributed by atoms with van der Waals surface area (Å²) in [6, 6.07) is 48.7. The molecule has 3 N–H and O–H groups in total. The molecule has 105 heavy (non-hydrogen) atoms. The molecule has 0 saturated heterocycles. The van der Waals surface area contributed by atoms with Crippen molar-refractivity contribution in [3.63, 3.8) is 0 Å². The fraction of sp³-hybridized carbons (Fsp3) is 0.118.